The maximum absolute atomic E-state index is 12.6. The number of amides is 1. The summed E-state index contributed by atoms with van der Waals surface area (Å²) in [6, 6.07) is 14.6. The summed E-state index contributed by atoms with van der Waals surface area (Å²) < 4.78 is 3.29. The molecule has 0 aliphatic carbocycles. The van der Waals surface area contributed by atoms with Gasteiger partial charge in [-0.25, -0.2) is 4.98 Å². The smallest absolute Gasteiger partial charge is 0.236 e. The Morgan fingerprint density at radius 2 is 1.91 bits per heavy atom. The zero-order chi connectivity index (χ0) is 23.7. The molecule has 0 bridgehead atoms. The molecule has 0 saturated carbocycles. The van der Waals surface area contributed by atoms with Crippen LogP contribution in [-0.4, -0.2) is 31.4 Å². The van der Waals surface area contributed by atoms with Crippen molar-refractivity contribution >= 4 is 55.6 Å². The second-order valence-electron chi connectivity index (χ2n) is 7.87. The third-order valence-corrected chi connectivity index (χ3v) is 8.33. The summed E-state index contributed by atoms with van der Waals surface area (Å²) in [5.41, 5.74) is 5.48. The molecule has 3 aromatic heterocycles. The van der Waals surface area contributed by atoms with E-state index in [9.17, 15) is 4.79 Å². The Kier molecular flexibility index (Phi) is 6.49. The van der Waals surface area contributed by atoms with Gasteiger partial charge in [0.2, 0.25) is 5.91 Å². The maximum Gasteiger partial charge on any atom is 0.236 e. The Hall–Kier alpha value is -3.01. The fourth-order valence-electron chi connectivity index (χ4n) is 3.68. The van der Waals surface area contributed by atoms with Gasteiger partial charge in [-0.05, 0) is 44.0 Å². The van der Waals surface area contributed by atoms with E-state index in [1.807, 2.05) is 17.5 Å². The molecule has 6 nitrogen and oxygen atoms in total. The maximum atomic E-state index is 12.6. The highest BCUT2D eigenvalue weighted by molar-refractivity contribution is 7.99. The van der Waals surface area contributed by atoms with E-state index in [0.29, 0.717) is 5.13 Å². The van der Waals surface area contributed by atoms with E-state index in [0.717, 1.165) is 34.3 Å². The van der Waals surface area contributed by atoms with E-state index in [-0.39, 0.29) is 11.7 Å². The number of thiazole rings is 1. The fourth-order valence-corrected chi connectivity index (χ4v) is 6.16. The van der Waals surface area contributed by atoms with E-state index >= 15 is 0 Å². The molecule has 0 spiro atoms. The molecule has 0 unspecified atom stereocenters. The van der Waals surface area contributed by atoms with Crippen molar-refractivity contribution in [2.45, 2.75) is 32.5 Å². The minimum atomic E-state index is -0.112. The lowest BCUT2D eigenvalue weighted by Gasteiger charge is -2.07. The summed E-state index contributed by atoms with van der Waals surface area (Å²) in [5.74, 6) is 0.959. The number of benzene rings is 2. The Bertz CT molecular complexity index is 1480. The third-order valence-electron chi connectivity index (χ3n) is 5.64. The number of hydrogen-bond donors (Lipinski definition) is 1. The lowest BCUT2D eigenvalue weighted by atomic mass is 10.1. The molecule has 0 radical (unpaired) electrons. The van der Waals surface area contributed by atoms with Crippen LogP contribution in [0, 0.1) is 13.8 Å². The summed E-state index contributed by atoms with van der Waals surface area (Å²) in [6.45, 7) is 6.97. The Balaban J connectivity index is 1.26. The molecule has 0 atom stereocenters. The first kappa shape index (κ1) is 22.8. The van der Waals surface area contributed by atoms with E-state index in [4.69, 9.17) is 0 Å². The normalized spacial score (nSPS) is 11.3. The number of carbonyl (C=O) groups is 1. The number of thioether (sulfide) groups is 1. The molecule has 0 aliphatic heterocycles. The first-order valence-electron chi connectivity index (χ1n) is 10.9. The van der Waals surface area contributed by atoms with E-state index in [1.54, 1.807) is 11.3 Å². The van der Waals surface area contributed by atoms with E-state index < -0.39 is 0 Å². The van der Waals surface area contributed by atoms with Gasteiger partial charge in [-0.15, -0.1) is 32.9 Å². The van der Waals surface area contributed by atoms with Crippen LogP contribution in [0.25, 0.3) is 32.7 Å². The standard InChI is InChI=1S/C25H23N5OS3/c1-4-30-23(19-12-32-21-8-6-5-7-18(19)21)28-29-25(30)34-14-22(31)27-24-26-20(13-33-24)17-10-9-15(2)16(3)11-17/h5-13H,4,14H2,1-3H3,(H,26,27,31). The number of rotatable bonds is 7. The summed E-state index contributed by atoms with van der Waals surface area (Å²) in [4.78, 5) is 17.2. The van der Waals surface area contributed by atoms with E-state index in [2.05, 4.69) is 81.5 Å². The molecular formula is C25H23N5OS3. The molecule has 1 amide bonds. The van der Waals surface area contributed by atoms with Gasteiger partial charge in [0.25, 0.3) is 0 Å². The SMILES string of the molecule is CCn1c(SCC(=O)Nc2nc(-c3ccc(C)c(C)c3)cs2)nnc1-c1csc2ccccc12. The lowest BCUT2D eigenvalue weighted by Crippen LogP contribution is -2.14. The van der Waals surface area contributed by atoms with Gasteiger partial charge in [0, 0.05) is 38.5 Å². The number of anilines is 1. The fraction of sp³-hybridized carbons (Fsp3) is 0.200. The number of nitrogens with one attached hydrogen (secondary N) is 1. The lowest BCUT2D eigenvalue weighted by molar-refractivity contribution is -0.113. The van der Waals surface area contributed by atoms with Crippen molar-refractivity contribution in [1.82, 2.24) is 19.7 Å². The number of fused-ring (bicyclic) bond motifs is 1. The number of carbonyl (C=O) groups excluding carboxylic acids is 1. The zero-order valence-corrected chi connectivity index (χ0v) is 21.5. The summed E-state index contributed by atoms with van der Waals surface area (Å²) in [6.07, 6.45) is 0. The van der Waals surface area contributed by atoms with Crippen LogP contribution < -0.4 is 5.32 Å². The molecule has 3 heterocycles. The largest absolute Gasteiger partial charge is 0.302 e. The summed E-state index contributed by atoms with van der Waals surface area (Å²) in [5, 5.41) is 18.3. The first-order valence-corrected chi connectivity index (χ1v) is 13.6. The van der Waals surface area contributed by atoms with E-state index in [1.165, 1.54) is 44.3 Å². The van der Waals surface area contributed by atoms with Crippen molar-refractivity contribution in [2.75, 3.05) is 11.1 Å². The van der Waals surface area contributed by atoms with Gasteiger partial charge in [0.1, 0.15) is 0 Å². The average Bonchev–Trinajstić information content (AvgIpc) is 3.57. The highest BCUT2D eigenvalue weighted by atomic mass is 32.2. The number of aryl methyl sites for hydroxylation is 2. The predicted molar refractivity (Wildman–Crippen MR) is 143 cm³/mol. The van der Waals surface area contributed by atoms with Gasteiger partial charge in [0.15, 0.2) is 16.1 Å². The zero-order valence-electron chi connectivity index (χ0n) is 19.0. The molecule has 5 rings (SSSR count). The van der Waals surface area contributed by atoms with Gasteiger partial charge >= 0.3 is 0 Å². The average molecular weight is 506 g/mol. The summed E-state index contributed by atoms with van der Waals surface area (Å²) >= 11 is 4.52. The van der Waals surface area contributed by atoms with Gasteiger partial charge in [-0.2, -0.15) is 0 Å². The second kappa shape index (κ2) is 9.69. The summed E-state index contributed by atoms with van der Waals surface area (Å²) in [7, 11) is 0. The monoisotopic (exact) mass is 505 g/mol. The van der Waals surface area contributed by atoms with Crippen LogP contribution in [0.1, 0.15) is 18.1 Å². The van der Waals surface area contributed by atoms with Crippen molar-refractivity contribution in [3.05, 3.63) is 64.4 Å². The molecule has 0 aliphatic rings. The van der Waals surface area contributed by atoms with Crippen LogP contribution >= 0.6 is 34.4 Å². The highest BCUT2D eigenvalue weighted by Gasteiger charge is 2.18. The van der Waals surface area contributed by atoms with Crippen molar-refractivity contribution in [3.63, 3.8) is 0 Å². The molecule has 1 N–H and O–H groups in total. The molecule has 34 heavy (non-hydrogen) atoms. The molecular weight excluding hydrogens is 483 g/mol. The van der Waals surface area contributed by atoms with Gasteiger partial charge in [0.05, 0.1) is 11.4 Å². The first-order chi connectivity index (χ1) is 16.5. The van der Waals surface area contributed by atoms with Gasteiger partial charge in [-0.3, -0.25) is 4.79 Å². The van der Waals surface area contributed by atoms with Crippen LogP contribution in [0.15, 0.2) is 58.4 Å². The minimum Gasteiger partial charge on any atom is -0.302 e. The minimum absolute atomic E-state index is 0.112. The van der Waals surface area contributed by atoms with Crippen molar-refractivity contribution in [3.8, 4) is 22.6 Å². The number of aromatic nitrogens is 4. The number of nitrogens with zero attached hydrogens (tertiary/aromatic N) is 4. The Labute approximate surface area is 210 Å². The predicted octanol–water partition coefficient (Wildman–Crippen LogP) is 6.65. The molecule has 9 heteroatoms. The molecule has 0 saturated heterocycles. The highest BCUT2D eigenvalue weighted by Crippen LogP contribution is 2.34. The van der Waals surface area contributed by atoms with Crippen LogP contribution in [0.4, 0.5) is 5.13 Å². The molecule has 172 valence electrons. The number of thiophene rings is 1. The third kappa shape index (κ3) is 4.51. The topological polar surface area (TPSA) is 72.7 Å². The number of hydrogen-bond acceptors (Lipinski definition) is 7. The van der Waals surface area contributed by atoms with Crippen molar-refractivity contribution in [1.29, 1.82) is 0 Å². The second-order valence-corrected chi connectivity index (χ2v) is 10.6. The Morgan fingerprint density at radius 1 is 1.06 bits per heavy atom. The Morgan fingerprint density at radius 3 is 2.74 bits per heavy atom. The van der Waals surface area contributed by atoms with Crippen LogP contribution in [0.5, 0.6) is 0 Å². The molecule has 5 aromatic rings. The molecule has 0 fully saturated rings. The quantitative estimate of drug-likeness (QED) is 0.251. The van der Waals surface area contributed by atoms with Gasteiger partial charge < -0.3 is 9.88 Å². The van der Waals surface area contributed by atoms with Crippen LogP contribution in [0.3, 0.4) is 0 Å². The van der Waals surface area contributed by atoms with Crippen molar-refractivity contribution in [2.24, 2.45) is 0 Å². The van der Waals surface area contributed by atoms with Crippen LogP contribution in [0.2, 0.25) is 0 Å². The van der Waals surface area contributed by atoms with Crippen LogP contribution in [-0.2, 0) is 11.3 Å². The van der Waals surface area contributed by atoms with Gasteiger partial charge in [-0.1, -0.05) is 42.1 Å². The molecule has 2 aromatic carbocycles. The van der Waals surface area contributed by atoms with Crippen molar-refractivity contribution < 1.29 is 4.79 Å².